The fourth-order valence-electron chi connectivity index (χ4n) is 1.76. The Morgan fingerprint density at radius 1 is 1.33 bits per heavy atom. The van der Waals surface area contributed by atoms with E-state index in [2.05, 4.69) is 48.3 Å². The highest BCUT2D eigenvalue weighted by Crippen LogP contribution is 2.11. The zero-order valence-electron chi connectivity index (χ0n) is 13.5. The fourth-order valence-corrected chi connectivity index (χ4v) is 1.97. The van der Waals surface area contributed by atoms with Gasteiger partial charge in [0, 0.05) is 30.7 Å². The zero-order chi connectivity index (χ0) is 15.7. The number of benzene rings is 1. The summed E-state index contributed by atoms with van der Waals surface area (Å²) < 4.78 is 0. The Morgan fingerprint density at radius 2 is 2.10 bits per heavy atom. The van der Waals surface area contributed by atoms with Crippen LogP contribution >= 0.6 is 11.6 Å². The Morgan fingerprint density at radius 3 is 2.71 bits per heavy atom. The number of guanidine groups is 1. The smallest absolute Gasteiger partial charge is 0.191 e. The lowest BCUT2D eigenvalue weighted by Crippen LogP contribution is -2.42. The summed E-state index contributed by atoms with van der Waals surface area (Å²) in [5, 5.41) is 7.36. The zero-order valence-corrected chi connectivity index (χ0v) is 14.2. The lowest BCUT2D eigenvalue weighted by atomic mass is 10.2. The number of halogens is 1. The van der Waals surface area contributed by atoms with Crippen LogP contribution in [0.5, 0.6) is 0 Å². The minimum absolute atomic E-state index is 0.554. The molecule has 0 radical (unpaired) electrons. The molecule has 0 fully saturated rings. The van der Waals surface area contributed by atoms with Crippen molar-refractivity contribution in [3.8, 4) is 0 Å². The van der Waals surface area contributed by atoms with Crippen LogP contribution in [0.15, 0.2) is 29.3 Å². The SMILES string of the molecule is CCNC(=NCc1cccc(Cl)c1)NCCN(C)C(C)C. The van der Waals surface area contributed by atoms with Crippen molar-refractivity contribution in [1.82, 2.24) is 15.5 Å². The summed E-state index contributed by atoms with van der Waals surface area (Å²) in [7, 11) is 2.13. The van der Waals surface area contributed by atoms with E-state index >= 15 is 0 Å². The second-order valence-electron chi connectivity index (χ2n) is 5.33. The van der Waals surface area contributed by atoms with Crippen LogP contribution in [0, 0.1) is 0 Å². The van der Waals surface area contributed by atoms with Crippen LogP contribution in [-0.2, 0) is 6.54 Å². The van der Waals surface area contributed by atoms with E-state index in [-0.39, 0.29) is 0 Å². The van der Waals surface area contributed by atoms with E-state index in [1.54, 1.807) is 0 Å². The van der Waals surface area contributed by atoms with Gasteiger partial charge in [-0.25, -0.2) is 4.99 Å². The minimum Gasteiger partial charge on any atom is -0.357 e. The Kier molecular flexibility index (Phi) is 8.16. The van der Waals surface area contributed by atoms with Crippen molar-refractivity contribution in [2.45, 2.75) is 33.4 Å². The molecule has 0 amide bonds. The van der Waals surface area contributed by atoms with Crippen molar-refractivity contribution in [2.75, 3.05) is 26.7 Å². The molecular formula is C16H27ClN4. The van der Waals surface area contributed by atoms with Crippen LogP contribution in [-0.4, -0.2) is 43.6 Å². The summed E-state index contributed by atoms with van der Waals surface area (Å²) in [6, 6.07) is 8.36. The molecule has 1 rings (SSSR count). The molecule has 0 heterocycles. The summed E-state index contributed by atoms with van der Waals surface area (Å²) in [6.45, 7) is 9.78. The van der Waals surface area contributed by atoms with Gasteiger partial charge in [0.25, 0.3) is 0 Å². The number of aliphatic imine (C=N–C) groups is 1. The third-order valence-electron chi connectivity index (χ3n) is 3.29. The van der Waals surface area contributed by atoms with E-state index < -0.39 is 0 Å². The minimum atomic E-state index is 0.554. The molecule has 5 heteroatoms. The Bertz CT molecular complexity index is 446. The van der Waals surface area contributed by atoms with Crippen molar-refractivity contribution in [3.05, 3.63) is 34.9 Å². The van der Waals surface area contributed by atoms with E-state index in [4.69, 9.17) is 11.6 Å². The van der Waals surface area contributed by atoms with Gasteiger partial charge in [0.2, 0.25) is 0 Å². The molecule has 21 heavy (non-hydrogen) atoms. The predicted octanol–water partition coefficient (Wildman–Crippen LogP) is 2.74. The van der Waals surface area contributed by atoms with E-state index in [1.807, 2.05) is 24.3 Å². The molecule has 0 aliphatic rings. The van der Waals surface area contributed by atoms with Gasteiger partial charge in [-0.15, -0.1) is 0 Å². The normalized spacial score (nSPS) is 12.0. The van der Waals surface area contributed by atoms with Crippen LogP contribution in [0.1, 0.15) is 26.3 Å². The number of rotatable bonds is 7. The van der Waals surface area contributed by atoms with Gasteiger partial charge in [-0.1, -0.05) is 23.7 Å². The van der Waals surface area contributed by atoms with Gasteiger partial charge in [0.15, 0.2) is 5.96 Å². The molecule has 0 bridgehead atoms. The molecule has 0 saturated heterocycles. The molecule has 1 aromatic rings. The van der Waals surface area contributed by atoms with Crippen LogP contribution in [0.3, 0.4) is 0 Å². The van der Waals surface area contributed by atoms with Crippen molar-refractivity contribution in [2.24, 2.45) is 4.99 Å². The Balaban J connectivity index is 2.50. The largest absolute Gasteiger partial charge is 0.357 e. The van der Waals surface area contributed by atoms with E-state index in [9.17, 15) is 0 Å². The summed E-state index contributed by atoms with van der Waals surface area (Å²) >= 11 is 5.98. The highest BCUT2D eigenvalue weighted by Gasteiger charge is 2.03. The van der Waals surface area contributed by atoms with Gasteiger partial charge in [-0.3, -0.25) is 0 Å². The molecule has 0 saturated carbocycles. The number of hydrogen-bond acceptors (Lipinski definition) is 2. The van der Waals surface area contributed by atoms with Crippen LogP contribution < -0.4 is 10.6 Å². The van der Waals surface area contributed by atoms with Crippen molar-refractivity contribution in [3.63, 3.8) is 0 Å². The molecule has 0 atom stereocenters. The van der Waals surface area contributed by atoms with Crippen molar-refractivity contribution in [1.29, 1.82) is 0 Å². The third-order valence-corrected chi connectivity index (χ3v) is 3.53. The second-order valence-corrected chi connectivity index (χ2v) is 5.76. The summed E-state index contributed by atoms with van der Waals surface area (Å²) in [5.74, 6) is 0.842. The van der Waals surface area contributed by atoms with E-state index in [1.165, 1.54) is 0 Å². The molecule has 0 spiro atoms. The standard InChI is InChI=1S/C16H27ClN4/c1-5-18-16(19-9-10-21(4)13(2)3)20-12-14-7-6-8-15(17)11-14/h6-8,11,13H,5,9-10,12H2,1-4H3,(H2,18,19,20). The molecule has 0 unspecified atom stereocenters. The number of hydrogen-bond donors (Lipinski definition) is 2. The maximum absolute atomic E-state index is 5.98. The van der Waals surface area contributed by atoms with Crippen LogP contribution in [0.2, 0.25) is 5.02 Å². The van der Waals surface area contributed by atoms with Crippen molar-refractivity contribution >= 4 is 17.6 Å². The van der Waals surface area contributed by atoms with Gasteiger partial charge in [0.05, 0.1) is 6.54 Å². The number of nitrogens with zero attached hydrogens (tertiary/aromatic N) is 2. The first kappa shape index (κ1) is 17.8. The predicted molar refractivity (Wildman–Crippen MR) is 92.0 cm³/mol. The summed E-state index contributed by atoms with van der Waals surface area (Å²) in [4.78, 5) is 6.88. The average Bonchev–Trinajstić information content (AvgIpc) is 2.44. The first-order valence-electron chi connectivity index (χ1n) is 7.49. The molecule has 118 valence electrons. The van der Waals surface area contributed by atoms with Gasteiger partial charge in [-0.2, -0.15) is 0 Å². The molecule has 0 aliphatic carbocycles. The van der Waals surface area contributed by atoms with E-state index in [0.717, 1.165) is 36.2 Å². The quantitative estimate of drug-likeness (QED) is 0.601. The Labute approximate surface area is 133 Å². The van der Waals surface area contributed by atoms with Crippen LogP contribution in [0.25, 0.3) is 0 Å². The lowest BCUT2D eigenvalue weighted by molar-refractivity contribution is 0.278. The topological polar surface area (TPSA) is 39.7 Å². The molecule has 4 nitrogen and oxygen atoms in total. The molecule has 1 aromatic carbocycles. The van der Waals surface area contributed by atoms with Gasteiger partial charge < -0.3 is 15.5 Å². The third kappa shape index (κ3) is 7.34. The van der Waals surface area contributed by atoms with Gasteiger partial charge >= 0.3 is 0 Å². The van der Waals surface area contributed by atoms with E-state index in [0.29, 0.717) is 12.6 Å². The summed E-state index contributed by atoms with van der Waals surface area (Å²) in [5.41, 5.74) is 1.11. The maximum atomic E-state index is 5.98. The highest BCUT2D eigenvalue weighted by atomic mass is 35.5. The highest BCUT2D eigenvalue weighted by molar-refractivity contribution is 6.30. The monoisotopic (exact) mass is 310 g/mol. The number of likely N-dealkylation sites (N-methyl/N-ethyl adjacent to an activating group) is 1. The Hall–Kier alpha value is -1.26. The summed E-state index contributed by atoms with van der Waals surface area (Å²) in [6.07, 6.45) is 0. The number of nitrogens with one attached hydrogen (secondary N) is 2. The maximum Gasteiger partial charge on any atom is 0.191 e. The molecule has 0 aliphatic heterocycles. The lowest BCUT2D eigenvalue weighted by Gasteiger charge is -2.21. The first-order chi connectivity index (χ1) is 10.0. The first-order valence-corrected chi connectivity index (χ1v) is 7.87. The fraction of sp³-hybridized carbons (Fsp3) is 0.562. The van der Waals surface area contributed by atoms with Gasteiger partial charge in [-0.05, 0) is 45.5 Å². The van der Waals surface area contributed by atoms with Crippen LogP contribution in [0.4, 0.5) is 0 Å². The van der Waals surface area contributed by atoms with Gasteiger partial charge in [0.1, 0.15) is 0 Å². The second kappa shape index (κ2) is 9.64. The molecular weight excluding hydrogens is 284 g/mol. The molecule has 2 N–H and O–H groups in total. The molecule has 0 aromatic heterocycles. The average molecular weight is 311 g/mol. The van der Waals surface area contributed by atoms with Crippen molar-refractivity contribution < 1.29 is 0 Å².